The minimum absolute atomic E-state index is 0. The van der Waals surface area contributed by atoms with Crippen molar-refractivity contribution >= 4 is 24.8 Å². The Balaban J connectivity index is 0.00000283. The molecule has 0 aromatic heterocycles. The monoisotopic (exact) mass is 928 g/mol. The van der Waals surface area contributed by atoms with Crippen LogP contribution in [0.4, 0.5) is 52.7 Å². The molecule has 15 heteroatoms. The van der Waals surface area contributed by atoms with Gasteiger partial charge in [-0.15, -0.1) is 0 Å². The van der Waals surface area contributed by atoms with Crippen LogP contribution in [0.15, 0.2) is 131 Å². The Morgan fingerprint density at radius 1 is 0.500 bits per heavy atom. The van der Waals surface area contributed by atoms with E-state index in [1.54, 1.807) is 42.5 Å². The normalized spacial score (nSPS) is 14.9. The molecule has 6 aromatic rings. The molecule has 2 aliphatic rings. The summed E-state index contributed by atoms with van der Waals surface area (Å²) in [5.74, 6) is 0. The average Bonchev–Trinajstić information content (AvgIpc) is 3.79. The maximum atomic E-state index is 14.5. The quantitative estimate of drug-likeness (QED) is 0.125. The second-order valence-corrected chi connectivity index (χ2v) is 19.9. The molecule has 298 valence electrons. The summed E-state index contributed by atoms with van der Waals surface area (Å²) in [4.78, 5) is 0. The first-order valence-electron chi connectivity index (χ1n) is 17.0. The number of benzene rings is 6. The van der Waals surface area contributed by atoms with Crippen molar-refractivity contribution in [3.05, 3.63) is 175 Å². The van der Waals surface area contributed by atoms with Gasteiger partial charge in [-0.05, 0) is 0 Å². The Morgan fingerprint density at radius 2 is 0.914 bits per heavy atom. The molecular formula is C43H24Cl2F12Zr. The second-order valence-electron chi connectivity index (χ2n) is 13.6. The van der Waals surface area contributed by atoms with E-state index in [1.165, 1.54) is 0 Å². The van der Waals surface area contributed by atoms with Gasteiger partial charge in [-0.2, -0.15) is 0 Å². The van der Waals surface area contributed by atoms with Crippen molar-refractivity contribution in [3.63, 3.8) is 0 Å². The van der Waals surface area contributed by atoms with E-state index in [1.807, 2.05) is 48.5 Å². The molecule has 1 atom stereocenters. The predicted molar refractivity (Wildman–Crippen MR) is 187 cm³/mol. The van der Waals surface area contributed by atoms with Crippen LogP contribution in [0.2, 0.25) is 0 Å². The number of rotatable bonds is 4. The third kappa shape index (κ3) is 7.70. The minimum Gasteiger partial charge on any atom is -1.00 e. The van der Waals surface area contributed by atoms with Crippen LogP contribution in [0.25, 0.3) is 32.7 Å². The first kappa shape index (κ1) is 43.4. The summed E-state index contributed by atoms with van der Waals surface area (Å²) in [6.45, 7) is 0. The zero-order valence-electron chi connectivity index (χ0n) is 29.2. The molecule has 6 aromatic carbocycles. The van der Waals surface area contributed by atoms with Gasteiger partial charge in [0.2, 0.25) is 0 Å². The van der Waals surface area contributed by atoms with Crippen LogP contribution in [-0.2, 0) is 46.0 Å². The summed E-state index contributed by atoms with van der Waals surface area (Å²) in [5.41, 5.74) is -5.69. The van der Waals surface area contributed by atoms with Gasteiger partial charge in [0.1, 0.15) is 0 Å². The fraction of sp³-hybridized carbons (Fsp3) is 0.140. The molecule has 58 heavy (non-hydrogen) atoms. The summed E-state index contributed by atoms with van der Waals surface area (Å²) in [5, 5.41) is 3.12. The van der Waals surface area contributed by atoms with Crippen LogP contribution >= 0.6 is 0 Å². The molecule has 0 radical (unpaired) electrons. The number of alkyl halides is 12. The molecule has 8 rings (SSSR count). The number of allylic oxidation sites excluding steroid dienone is 4. The van der Waals surface area contributed by atoms with Gasteiger partial charge in [0.15, 0.2) is 0 Å². The molecule has 0 spiro atoms. The fourth-order valence-corrected chi connectivity index (χ4v) is 17.0. The molecule has 0 amide bonds. The van der Waals surface area contributed by atoms with Crippen molar-refractivity contribution in [1.29, 1.82) is 0 Å². The fourth-order valence-electron chi connectivity index (χ4n) is 8.00. The van der Waals surface area contributed by atoms with E-state index in [-0.39, 0.29) is 46.6 Å². The van der Waals surface area contributed by atoms with Crippen molar-refractivity contribution in [2.24, 2.45) is 0 Å². The van der Waals surface area contributed by atoms with Gasteiger partial charge in [0, 0.05) is 0 Å². The van der Waals surface area contributed by atoms with Crippen molar-refractivity contribution < 1.29 is 98.8 Å². The van der Waals surface area contributed by atoms with Crippen molar-refractivity contribution in [3.8, 4) is 11.1 Å². The van der Waals surface area contributed by atoms with Gasteiger partial charge in [0.25, 0.3) is 0 Å². The number of fused-ring (bicyclic) bond motifs is 8. The van der Waals surface area contributed by atoms with Crippen molar-refractivity contribution in [1.82, 2.24) is 0 Å². The largest absolute Gasteiger partial charge is 1.00 e. The first-order valence-corrected chi connectivity index (χ1v) is 20.9. The molecule has 0 saturated heterocycles. The van der Waals surface area contributed by atoms with E-state index < -0.39 is 83.0 Å². The topological polar surface area (TPSA) is 0 Å². The maximum absolute atomic E-state index is 14.5. The van der Waals surface area contributed by atoms with Gasteiger partial charge >= 0.3 is 320 Å². The van der Waals surface area contributed by atoms with E-state index in [4.69, 9.17) is 0 Å². The maximum Gasteiger partial charge on any atom is -1.00 e. The SMILES string of the molecule is FC(F)(F)c1cc([C](c2cc(C(F)(F)F)cc(C(F)(F)F)c2)=[Zr+2]([C]2=CC=CC2)[CH]2c3ccccc3-c3c2c2ccccc2c2ccccc32)cc(C(F)(F)F)c1.[Cl-].[Cl-]. The standard InChI is InChI=1S/C21H13.C17H6F12.C5H5.2ClH.Zr/c1-2-8-15-14(7-1)13-20-18-11-4-3-9-16(18)17-10-5-6-12-19(17)21(15)20;18-14(19,20)10-2-8(3-11(6-10)15(21,22)23)1-9-4-12(16(24,25)26)7-13(5-9)17(27,28)29;1-2-4-5-3-1;;;/h1-13H;2-7H;1-3H,4H2;2*1H;/q;;;;;+2/p-2. The molecule has 0 N–H and O–H groups in total. The Labute approximate surface area is 342 Å². The van der Waals surface area contributed by atoms with Crippen molar-refractivity contribution in [2.75, 3.05) is 0 Å². The summed E-state index contributed by atoms with van der Waals surface area (Å²) < 4.78 is 173. The second kappa shape index (κ2) is 15.4. The van der Waals surface area contributed by atoms with Gasteiger partial charge in [-0.3, -0.25) is 0 Å². The van der Waals surface area contributed by atoms with E-state index >= 15 is 0 Å². The van der Waals surface area contributed by atoms with Gasteiger partial charge in [-0.1, -0.05) is 0 Å². The van der Waals surface area contributed by atoms with Crippen molar-refractivity contribution in [2.45, 2.75) is 34.8 Å². The van der Waals surface area contributed by atoms with Crippen LogP contribution in [0.5, 0.6) is 0 Å². The third-order valence-corrected chi connectivity index (χ3v) is 18.5. The van der Waals surface area contributed by atoms with Crippen LogP contribution < -0.4 is 24.8 Å². The first-order chi connectivity index (χ1) is 26.3. The van der Waals surface area contributed by atoms with Gasteiger partial charge in [0.05, 0.1) is 0 Å². The molecule has 1 unspecified atom stereocenters. The Hall–Kier alpha value is -4.19. The summed E-state index contributed by atoms with van der Waals surface area (Å²) in [7, 11) is 0. The van der Waals surface area contributed by atoms with E-state index in [9.17, 15) is 52.7 Å². The van der Waals surface area contributed by atoms with Gasteiger partial charge in [-0.25, -0.2) is 0 Å². The Bertz CT molecular complexity index is 2540. The molecule has 0 nitrogen and oxygen atoms in total. The molecule has 0 fully saturated rings. The molecule has 0 heterocycles. The number of halogens is 14. The predicted octanol–water partition coefficient (Wildman–Crippen LogP) is 7.88. The molecule has 2 aliphatic carbocycles. The van der Waals surface area contributed by atoms with E-state index in [2.05, 4.69) is 0 Å². The zero-order valence-corrected chi connectivity index (χ0v) is 33.2. The Kier molecular flexibility index (Phi) is 11.6. The van der Waals surface area contributed by atoms with E-state index in [0.29, 0.717) is 49.6 Å². The minimum atomic E-state index is -5.36. The van der Waals surface area contributed by atoms with Crippen LogP contribution in [0.3, 0.4) is 0 Å². The van der Waals surface area contributed by atoms with E-state index in [0.717, 1.165) is 21.7 Å². The molecule has 0 aliphatic heterocycles. The van der Waals surface area contributed by atoms with Crippen LogP contribution in [-0.4, -0.2) is 3.21 Å². The smallest absolute Gasteiger partial charge is 1.00 e. The molecule has 0 saturated carbocycles. The van der Waals surface area contributed by atoms with Crippen LogP contribution in [0, 0.1) is 0 Å². The zero-order chi connectivity index (χ0) is 39.9. The van der Waals surface area contributed by atoms with Gasteiger partial charge < -0.3 is 24.8 Å². The molecule has 0 bridgehead atoms. The number of hydrogen-bond acceptors (Lipinski definition) is 0. The van der Waals surface area contributed by atoms with Crippen LogP contribution in [0.1, 0.15) is 54.6 Å². The summed E-state index contributed by atoms with van der Waals surface area (Å²) >= 11 is -4.55. The third-order valence-electron chi connectivity index (χ3n) is 10.2. The number of hydrogen-bond donors (Lipinski definition) is 0. The summed E-state index contributed by atoms with van der Waals surface area (Å²) in [6.07, 6.45) is -16.3. The summed E-state index contributed by atoms with van der Waals surface area (Å²) in [6, 6.07) is 23.3. The Morgan fingerprint density at radius 3 is 1.36 bits per heavy atom. The average molecular weight is 931 g/mol. The molecular weight excluding hydrogens is 907 g/mol.